The van der Waals surface area contributed by atoms with Crippen LogP contribution in [0, 0.1) is 10.1 Å². The normalized spacial score (nSPS) is 10.0. The lowest BCUT2D eigenvalue weighted by Gasteiger charge is -2.07. The third-order valence-electron chi connectivity index (χ3n) is 2.19. The molecule has 2 heterocycles. The Hall–Kier alpha value is -2.22. The standard InChI is InChI=1S/C11H9BrN4O3/c1-13-10-3-2-9(16(17)18)11(15-10)19-8-4-7(12)5-14-6-8/h2-6H,1H3,(H,13,15). The number of aromatic nitrogens is 2. The van der Waals surface area contributed by atoms with Crippen molar-refractivity contribution in [1.29, 1.82) is 0 Å². The van der Waals surface area contributed by atoms with Crippen LogP contribution in [0.1, 0.15) is 0 Å². The van der Waals surface area contributed by atoms with Gasteiger partial charge in [0.1, 0.15) is 11.6 Å². The van der Waals surface area contributed by atoms with Gasteiger partial charge < -0.3 is 10.1 Å². The summed E-state index contributed by atoms with van der Waals surface area (Å²) in [6.45, 7) is 0. The number of nitrogens with zero attached hydrogens (tertiary/aromatic N) is 3. The Morgan fingerprint density at radius 1 is 1.42 bits per heavy atom. The van der Waals surface area contributed by atoms with E-state index in [4.69, 9.17) is 4.74 Å². The maximum atomic E-state index is 10.9. The highest BCUT2D eigenvalue weighted by Gasteiger charge is 2.18. The smallest absolute Gasteiger partial charge is 0.331 e. The zero-order chi connectivity index (χ0) is 13.8. The minimum atomic E-state index is -0.548. The van der Waals surface area contributed by atoms with Crippen LogP contribution >= 0.6 is 15.9 Å². The van der Waals surface area contributed by atoms with E-state index in [9.17, 15) is 10.1 Å². The molecule has 0 bridgehead atoms. The van der Waals surface area contributed by atoms with Gasteiger partial charge in [0.15, 0.2) is 0 Å². The Morgan fingerprint density at radius 3 is 2.84 bits per heavy atom. The van der Waals surface area contributed by atoms with Crippen LogP contribution < -0.4 is 10.1 Å². The summed E-state index contributed by atoms with van der Waals surface area (Å²) >= 11 is 3.24. The maximum Gasteiger partial charge on any atom is 0.331 e. The second-order valence-corrected chi connectivity index (χ2v) is 4.38. The zero-order valence-electron chi connectivity index (χ0n) is 9.83. The van der Waals surface area contributed by atoms with Crippen LogP contribution in [-0.2, 0) is 0 Å². The van der Waals surface area contributed by atoms with Crippen molar-refractivity contribution in [2.45, 2.75) is 0 Å². The van der Waals surface area contributed by atoms with Gasteiger partial charge in [-0.3, -0.25) is 15.1 Å². The molecule has 2 aromatic heterocycles. The lowest BCUT2D eigenvalue weighted by Crippen LogP contribution is -1.99. The summed E-state index contributed by atoms with van der Waals surface area (Å²) in [5.41, 5.74) is -0.209. The highest BCUT2D eigenvalue weighted by atomic mass is 79.9. The van der Waals surface area contributed by atoms with E-state index in [2.05, 4.69) is 31.2 Å². The Balaban J connectivity index is 2.39. The monoisotopic (exact) mass is 324 g/mol. The van der Waals surface area contributed by atoms with Gasteiger partial charge in [-0.15, -0.1) is 0 Å². The van der Waals surface area contributed by atoms with Gasteiger partial charge in [0.25, 0.3) is 0 Å². The van der Waals surface area contributed by atoms with Crippen LogP contribution in [0.3, 0.4) is 0 Å². The summed E-state index contributed by atoms with van der Waals surface area (Å²) < 4.78 is 6.11. The molecular weight excluding hydrogens is 316 g/mol. The first-order valence-corrected chi connectivity index (χ1v) is 6.01. The van der Waals surface area contributed by atoms with E-state index in [-0.39, 0.29) is 11.6 Å². The van der Waals surface area contributed by atoms with Crippen LogP contribution in [-0.4, -0.2) is 21.9 Å². The molecule has 0 unspecified atom stereocenters. The van der Waals surface area contributed by atoms with E-state index in [1.54, 1.807) is 19.3 Å². The molecule has 0 atom stereocenters. The van der Waals surface area contributed by atoms with Gasteiger partial charge >= 0.3 is 11.6 Å². The molecule has 0 amide bonds. The maximum absolute atomic E-state index is 10.9. The van der Waals surface area contributed by atoms with Gasteiger partial charge in [-0.25, -0.2) is 0 Å². The molecule has 19 heavy (non-hydrogen) atoms. The lowest BCUT2D eigenvalue weighted by atomic mass is 10.4. The van der Waals surface area contributed by atoms with E-state index in [0.717, 1.165) is 0 Å². The molecule has 0 fully saturated rings. The average molecular weight is 325 g/mol. The number of ether oxygens (including phenoxy) is 1. The molecule has 0 saturated heterocycles. The predicted octanol–water partition coefficient (Wildman–Crippen LogP) is 2.98. The number of pyridine rings is 2. The number of nitro groups is 1. The molecular formula is C11H9BrN4O3. The highest BCUT2D eigenvalue weighted by Crippen LogP contribution is 2.31. The minimum Gasteiger partial charge on any atom is -0.432 e. The minimum absolute atomic E-state index is 0.0863. The largest absolute Gasteiger partial charge is 0.432 e. The van der Waals surface area contributed by atoms with Crippen LogP contribution in [0.4, 0.5) is 11.5 Å². The van der Waals surface area contributed by atoms with Crippen molar-refractivity contribution in [3.8, 4) is 11.6 Å². The molecule has 0 saturated carbocycles. The molecule has 2 rings (SSSR count). The molecule has 0 aliphatic rings. The van der Waals surface area contributed by atoms with Gasteiger partial charge in [-0.1, -0.05) is 0 Å². The van der Waals surface area contributed by atoms with Crippen molar-refractivity contribution in [2.24, 2.45) is 0 Å². The third kappa shape index (κ3) is 3.16. The van der Waals surface area contributed by atoms with Crippen LogP contribution in [0.5, 0.6) is 11.6 Å². The fourth-order valence-corrected chi connectivity index (χ4v) is 1.69. The zero-order valence-corrected chi connectivity index (χ0v) is 11.4. The molecule has 8 heteroatoms. The average Bonchev–Trinajstić information content (AvgIpc) is 2.38. The second-order valence-electron chi connectivity index (χ2n) is 3.47. The van der Waals surface area contributed by atoms with Crippen LogP contribution in [0.2, 0.25) is 0 Å². The highest BCUT2D eigenvalue weighted by molar-refractivity contribution is 9.10. The van der Waals surface area contributed by atoms with Gasteiger partial charge in [-0.2, -0.15) is 4.98 Å². The van der Waals surface area contributed by atoms with Crippen LogP contribution in [0.25, 0.3) is 0 Å². The van der Waals surface area contributed by atoms with Crippen molar-refractivity contribution >= 4 is 27.4 Å². The Kier molecular flexibility index (Phi) is 3.91. The van der Waals surface area contributed by atoms with Crippen molar-refractivity contribution in [2.75, 3.05) is 12.4 Å². The molecule has 0 spiro atoms. The number of rotatable bonds is 4. The molecule has 7 nitrogen and oxygen atoms in total. The lowest BCUT2D eigenvalue weighted by molar-refractivity contribution is -0.386. The van der Waals surface area contributed by atoms with E-state index < -0.39 is 4.92 Å². The SMILES string of the molecule is CNc1ccc([N+](=O)[O-])c(Oc2cncc(Br)c2)n1. The van der Waals surface area contributed by atoms with Crippen molar-refractivity contribution < 1.29 is 9.66 Å². The topological polar surface area (TPSA) is 90.2 Å². The number of anilines is 1. The summed E-state index contributed by atoms with van der Waals surface area (Å²) in [7, 11) is 1.67. The quantitative estimate of drug-likeness (QED) is 0.686. The van der Waals surface area contributed by atoms with Crippen molar-refractivity contribution in [3.05, 3.63) is 45.2 Å². The van der Waals surface area contributed by atoms with Crippen LogP contribution in [0.15, 0.2) is 35.1 Å². The fraction of sp³-hybridized carbons (Fsp3) is 0.0909. The second kappa shape index (κ2) is 5.61. The van der Waals surface area contributed by atoms with Gasteiger partial charge in [-0.05, 0) is 28.1 Å². The molecule has 0 aliphatic carbocycles. The first kappa shape index (κ1) is 13.2. The first-order chi connectivity index (χ1) is 9.10. The Bertz CT molecular complexity index is 621. The molecule has 0 aliphatic heterocycles. The Labute approximate surface area is 116 Å². The van der Waals surface area contributed by atoms with E-state index in [1.807, 2.05) is 0 Å². The van der Waals surface area contributed by atoms with E-state index >= 15 is 0 Å². The molecule has 1 N–H and O–H groups in total. The van der Waals surface area contributed by atoms with Crippen molar-refractivity contribution in [1.82, 2.24) is 9.97 Å². The molecule has 0 aromatic carbocycles. The summed E-state index contributed by atoms with van der Waals surface area (Å²) in [4.78, 5) is 18.3. The number of halogens is 1. The summed E-state index contributed by atoms with van der Waals surface area (Å²) in [6.07, 6.45) is 3.03. The third-order valence-corrected chi connectivity index (χ3v) is 2.62. The first-order valence-electron chi connectivity index (χ1n) is 5.21. The van der Waals surface area contributed by atoms with Gasteiger partial charge in [0.2, 0.25) is 0 Å². The summed E-state index contributed by atoms with van der Waals surface area (Å²) in [5.74, 6) is 0.749. The van der Waals surface area contributed by atoms with Crippen molar-refractivity contribution in [3.63, 3.8) is 0 Å². The number of hydrogen-bond acceptors (Lipinski definition) is 6. The van der Waals surface area contributed by atoms with Gasteiger partial charge in [0.05, 0.1) is 11.1 Å². The van der Waals surface area contributed by atoms with Gasteiger partial charge in [0, 0.05) is 23.8 Å². The Morgan fingerprint density at radius 2 is 2.21 bits per heavy atom. The number of nitrogens with one attached hydrogen (secondary N) is 1. The summed E-state index contributed by atoms with van der Waals surface area (Å²) in [6, 6.07) is 4.48. The predicted molar refractivity (Wildman–Crippen MR) is 72.4 cm³/mol. The van der Waals surface area contributed by atoms with E-state index in [0.29, 0.717) is 16.0 Å². The summed E-state index contributed by atoms with van der Waals surface area (Å²) in [5, 5.41) is 13.7. The van der Waals surface area contributed by atoms with E-state index in [1.165, 1.54) is 18.3 Å². The fourth-order valence-electron chi connectivity index (χ4n) is 1.35. The number of hydrogen-bond donors (Lipinski definition) is 1. The molecule has 98 valence electrons. The molecule has 0 radical (unpaired) electrons. The molecule has 2 aromatic rings.